The molecule has 4 rings (SSSR count). The Labute approximate surface area is 206 Å². The summed E-state index contributed by atoms with van der Waals surface area (Å²) < 4.78 is 3.65. The highest BCUT2D eigenvalue weighted by molar-refractivity contribution is 5.98. The molecule has 0 aliphatic carbocycles. The highest BCUT2D eigenvalue weighted by Gasteiger charge is 2.30. The van der Waals surface area contributed by atoms with Gasteiger partial charge in [0.15, 0.2) is 11.8 Å². The summed E-state index contributed by atoms with van der Waals surface area (Å²) >= 11 is 0. The zero-order chi connectivity index (χ0) is 24.8. The van der Waals surface area contributed by atoms with Gasteiger partial charge >= 0.3 is 5.95 Å². The van der Waals surface area contributed by atoms with Crippen molar-refractivity contribution in [2.75, 3.05) is 5.73 Å². The number of ketones is 1. The molecular formula is C29H30N5O+. The van der Waals surface area contributed by atoms with Crippen molar-refractivity contribution in [3.05, 3.63) is 101 Å². The first-order valence-corrected chi connectivity index (χ1v) is 12.0. The highest BCUT2D eigenvalue weighted by Crippen LogP contribution is 2.24. The lowest BCUT2D eigenvalue weighted by Gasteiger charge is -2.09. The Bertz CT molecular complexity index is 1350. The van der Waals surface area contributed by atoms with E-state index in [0.717, 1.165) is 41.8 Å². The molecule has 0 spiro atoms. The molecule has 0 fully saturated rings. The summed E-state index contributed by atoms with van der Waals surface area (Å²) in [5.41, 5.74) is 10.8. The van der Waals surface area contributed by atoms with Crippen LogP contribution in [0, 0.1) is 11.3 Å². The van der Waals surface area contributed by atoms with Crippen LogP contribution < -0.4 is 10.3 Å². The van der Waals surface area contributed by atoms with Gasteiger partial charge < -0.3 is 5.73 Å². The Balaban J connectivity index is 1.63. The average Bonchev–Trinajstić information content (AvgIpc) is 3.22. The number of nitrogen functional groups attached to an aromatic ring is 1. The number of rotatable bonds is 9. The predicted octanol–water partition coefficient (Wildman–Crippen LogP) is 5.13. The van der Waals surface area contributed by atoms with Gasteiger partial charge in [0.05, 0.1) is 18.2 Å². The fraction of sp³-hybridized carbons (Fsp3) is 0.241. The number of nitriles is 1. The SMILES string of the molecule is CCCCc1nn(C(C)C(=O)c2ccccc2)c(N)[n+]1Cc1ccc(-c2ccccc2C#N)cc1. The predicted molar refractivity (Wildman–Crippen MR) is 137 cm³/mol. The number of hydrogen-bond acceptors (Lipinski definition) is 4. The number of benzene rings is 3. The van der Waals surface area contributed by atoms with E-state index in [1.165, 1.54) is 0 Å². The lowest BCUT2D eigenvalue weighted by Crippen LogP contribution is -2.40. The lowest BCUT2D eigenvalue weighted by atomic mass is 9.99. The molecule has 0 saturated heterocycles. The average molecular weight is 465 g/mol. The van der Waals surface area contributed by atoms with Crippen molar-refractivity contribution < 1.29 is 9.36 Å². The van der Waals surface area contributed by atoms with Crippen LogP contribution in [0.3, 0.4) is 0 Å². The molecule has 0 saturated carbocycles. The van der Waals surface area contributed by atoms with Gasteiger partial charge in [0, 0.05) is 12.0 Å². The number of aryl methyl sites for hydroxylation is 1. The quantitative estimate of drug-likeness (QED) is 0.275. The molecule has 176 valence electrons. The lowest BCUT2D eigenvalue weighted by molar-refractivity contribution is -0.682. The number of aromatic nitrogens is 3. The molecule has 0 radical (unpaired) electrons. The van der Waals surface area contributed by atoms with Crippen molar-refractivity contribution in [3.63, 3.8) is 0 Å². The van der Waals surface area contributed by atoms with Crippen molar-refractivity contribution in [3.8, 4) is 17.2 Å². The first-order valence-electron chi connectivity index (χ1n) is 12.0. The summed E-state index contributed by atoms with van der Waals surface area (Å²) in [6.45, 7) is 4.54. The van der Waals surface area contributed by atoms with Crippen molar-refractivity contribution in [1.29, 1.82) is 5.26 Å². The Morgan fingerprint density at radius 2 is 1.74 bits per heavy atom. The minimum atomic E-state index is -0.510. The van der Waals surface area contributed by atoms with Gasteiger partial charge in [-0.2, -0.15) is 5.26 Å². The molecule has 0 aliphatic rings. The third-order valence-corrected chi connectivity index (χ3v) is 6.26. The van der Waals surface area contributed by atoms with Crippen LogP contribution >= 0.6 is 0 Å². The minimum Gasteiger partial charge on any atom is -0.308 e. The fourth-order valence-electron chi connectivity index (χ4n) is 4.22. The van der Waals surface area contributed by atoms with E-state index in [2.05, 4.69) is 25.1 Å². The standard InChI is InChI=1S/C29H29N5O/c1-3-4-14-27-32-34(21(2)28(35)24-10-6-5-7-11-24)29(31)33(27)20-22-15-17-23(18-16-22)26-13-9-8-12-25(26)19-30/h5-13,15-18,21,31H,3-4,14,20H2,1-2H3/p+1. The largest absolute Gasteiger partial charge is 0.343 e. The Kier molecular flexibility index (Phi) is 7.37. The number of hydrogen-bond donors (Lipinski definition) is 1. The molecule has 2 N–H and O–H groups in total. The molecule has 6 heteroatoms. The van der Waals surface area contributed by atoms with Gasteiger partial charge in [-0.15, -0.1) is 4.68 Å². The first kappa shape index (κ1) is 23.9. The number of unbranched alkanes of at least 4 members (excludes halogenated alkanes) is 1. The van der Waals surface area contributed by atoms with Gasteiger partial charge in [0.1, 0.15) is 0 Å². The van der Waals surface area contributed by atoms with Crippen LogP contribution in [-0.4, -0.2) is 15.6 Å². The van der Waals surface area contributed by atoms with Crippen LogP contribution in [0.15, 0.2) is 78.9 Å². The normalized spacial score (nSPS) is 11.7. The smallest absolute Gasteiger partial charge is 0.308 e. The molecule has 1 aromatic heterocycles. The summed E-state index contributed by atoms with van der Waals surface area (Å²) in [4.78, 5) is 13.1. The fourth-order valence-corrected chi connectivity index (χ4v) is 4.22. The Hall–Kier alpha value is -4.24. The third kappa shape index (κ3) is 5.15. The molecule has 0 amide bonds. The van der Waals surface area contributed by atoms with E-state index in [-0.39, 0.29) is 5.78 Å². The van der Waals surface area contributed by atoms with E-state index in [4.69, 9.17) is 10.8 Å². The maximum absolute atomic E-state index is 13.1. The van der Waals surface area contributed by atoms with Gasteiger partial charge in [-0.1, -0.05) is 86.1 Å². The minimum absolute atomic E-state index is 0.0190. The number of nitrogens with two attached hydrogens (primary N) is 1. The molecule has 6 nitrogen and oxygen atoms in total. The van der Waals surface area contributed by atoms with E-state index in [9.17, 15) is 10.1 Å². The van der Waals surface area contributed by atoms with E-state index < -0.39 is 6.04 Å². The summed E-state index contributed by atoms with van der Waals surface area (Å²) in [5.74, 6) is 1.32. The van der Waals surface area contributed by atoms with E-state index in [1.807, 2.05) is 78.2 Å². The zero-order valence-electron chi connectivity index (χ0n) is 20.2. The van der Waals surface area contributed by atoms with Crippen LogP contribution in [-0.2, 0) is 13.0 Å². The highest BCUT2D eigenvalue weighted by atomic mass is 16.1. The van der Waals surface area contributed by atoms with E-state index in [0.29, 0.717) is 23.6 Å². The summed E-state index contributed by atoms with van der Waals surface area (Å²) in [6.07, 6.45) is 2.81. The molecule has 1 atom stereocenters. The number of nitrogens with zero attached hydrogens (tertiary/aromatic N) is 4. The molecule has 0 aliphatic heterocycles. The summed E-state index contributed by atoms with van der Waals surface area (Å²) in [7, 11) is 0. The van der Waals surface area contributed by atoms with Crippen LogP contribution in [0.25, 0.3) is 11.1 Å². The maximum atomic E-state index is 13.1. The molecular weight excluding hydrogens is 434 g/mol. The van der Waals surface area contributed by atoms with Crippen LogP contribution in [0.1, 0.15) is 60.0 Å². The van der Waals surface area contributed by atoms with Gasteiger partial charge in [-0.05, 0) is 41.2 Å². The number of anilines is 1. The molecule has 1 heterocycles. The van der Waals surface area contributed by atoms with Crippen molar-refractivity contribution in [2.45, 2.75) is 45.7 Å². The van der Waals surface area contributed by atoms with E-state index >= 15 is 0 Å². The van der Waals surface area contributed by atoms with Gasteiger partial charge in [-0.25, -0.2) is 4.57 Å². The van der Waals surface area contributed by atoms with Crippen LogP contribution in [0.2, 0.25) is 0 Å². The third-order valence-electron chi connectivity index (χ3n) is 6.26. The second-order valence-corrected chi connectivity index (χ2v) is 8.67. The number of carbonyl (C=O) groups excluding carboxylic acids is 1. The molecule has 35 heavy (non-hydrogen) atoms. The van der Waals surface area contributed by atoms with Crippen LogP contribution in [0.5, 0.6) is 0 Å². The number of Topliss-reactive ketones (excluding diaryl/α,β-unsaturated/α-hetero) is 1. The summed E-state index contributed by atoms with van der Waals surface area (Å²) in [6, 6.07) is 26.7. The van der Waals surface area contributed by atoms with Gasteiger partial charge in [0.2, 0.25) is 5.82 Å². The van der Waals surface area contributed by atoms with Gasteiger partial charge in [0.25, 0.3) is 0 Å². The van der Waals surface area contributed by atoms with Crippen molar-refractivity contribution >= 4 is 11.7 Å². The Morgan fingerprint density at radius 3 is 2.43 bits per heavy atom. The Morgan fingerprint density at radius 1 is 1.06 bits per heavy atom. The first-order chi connectivity index (χ1) is 17.0. The van der Waals surface area contributed by atoms with Gasteiger partial charge in [-0.3, -0.25) is 4.79 Å². The van der Waals surface area contributed by atoms with Crippen LogP contribution in [0.4, 0.5) is 5.95 Å². The van der Waals surface area contributed by atoms with Crippen molar-refractivity contribution in [1.82, 2.24) is 9.78 Å². The molecule has 0 bridgehead atoms. The maximum Gasteiger partial charge on any atom is 0.343 e. The monoisotopic (exact) mass is 464 g/mol. The molecule has 3 aromatic carbocycles. The summed E-state index contributed by atoms with van der Waals surface area (Å²) in [5, 5.41) is 14.2. The zero-order valence-corrected chi connectivity index (χ0v) is 20.2. The second-order valence-electron chi connectivity index (χ2n) is 8.67. The van der Waals surface area contributed by atoms with Crippen molar-refractivity contribution in [2.24, 2.45) is 0 Å². The molecule has 4 aromatic rings. The van der Waals surface area contributed by atoms with E-state index in [1.54, 1.807) is 4.68 Å². The number of carbonyl (C=O) groups is 1. The molecule has 1 unspecified atom stereocenters. The second kappa shape index (κ2) is 10.8. The topological polar surface area (TPSA) is 88.6 Å².